The van der Waals surface area contributed by atoms with Crippen molar-refractivity contribution >= 4 is 17.6 Å². The van der Waals surface area contributed by atoms with Crippen molar-refractivity contribution in [3.05, 3.63) is 29.8 Å². The summed E-state index contributed by atoms with van der Waals surface area (Å²) >= 11 is 0. The van der Waals surface area contributed by atoms with Crippen molar-refractivity contribution in [1.29, 1.82) is 0 Å². The van der Waals surface area contributed by atoms with Crippen LogP contribution in [0.15, 0.2) is 24.3 Å². The molecule has 5 heteroatoms. The van der Waals surface area contributed by atoms with Crippen LogP contribution in [0, 0.1) is 0 Å². The van der Waals surface area contributed by atoms with Gasteiger partial charge in [0.25, 0.3) is 5.91 Å². The molecule has 1 aliphatic carbocycles. The molecule has 0 unspecified atom stereocenters. The third-order valence-electron chi connectivity index (χ3n) is 4.58. The Bertz CT molecular complexity index is 578. The maximum Gasteiger partial charge on any atom is 0.338 e. The number of carbonyl (C=O) groups is 2. The minimum absolute atomic E-state index is 0.238. The summed E-state index contributed by atoms with van der Waals surface area (Å²) in [4.78, 5) is 26.0. The summed E-state index contributed by atoms with van der Waals surface area (Å²) in [6, 6.07) is 7.74. The zero-order valence-corrected chi connectivity index (χ0v) is 12.6. The van der Waals surface area contributed by atoms with E-state index in [1.165, 1.54) is 0 Å². The molecular weight excluding hydrogens is 282 g/mol. The van der Waals surface area contributed by atoms with E-state index < -0.39 is 11.6 Å². The maximum atomic E-state index is 12.3. The SMILES string of the molecule is O=C(COC(=O)C1(O)CCCCC1)N1CCc2ccccc21. The predicted molar refractivity (Wildman–Crippen MR) is 81.5 cm³/mol. The molecule has 0 atom stereocenters. The van der Waals surface area contributed by atoms with Crippen LogP contribution in [0.5, 0.6) is 0 Å². The first-order valence-corrected chi connectivity index (χ1v) is 7.88. The number of benzene rings is 1. The van der Waals surface area contributed by atoms with Gasteiger partial charge in [-0.3, -0.25) is 4.79 Å². The average Bonchev–Trinajstić information content (AvgIpc) is 2.97. The van der Waals surface area contributed by atoms with Gasteiger partial charge in [0.15, 0.2) is 12.2 Å². The first-order valence-electron chi connectivity index (χ1n) is 7.88. The number of para-hydroxylation sites is 1. The molecule has 1 aromatic carbocycles. The smallest absolute Gasteiger partial charge is 0.338 e. The summed E-state index contributed by atoms with van der Waals surface area (Å²) in [5, 5.41) is 10.3. The van der Waals surface area contributed by atoms with Gasteiger partial charge in [-0.2, -0.15) is 0 Å². The van der Waals surface area contributed by atoms with Gasteiger partial charge < -0.3 is 14.7 Å². The first kappa shape index (κ1) is 15.0. The second kappa shape index (κ2) is 6.08. The third-order valence-corrected chi connectivity index (χ3v) is 4.58. The number of ether oxygens (including phenoxy) is 1. The van der Waals surface area contributed by atoms with Crippen LogP contribution >= 0.6 is 0 Å². The Balaban J connectivity index is 1.58. The Morgan fingerprint density at radius 3 is 2.68 bits per heavy atom. The van der Waals surface area contributed by atoms with Crippen LogP contribution in [0.4, 0.5) is 5.69 Å². The molecule has 5 nitrogen and oxygen atoms in total. The van der Waals surface area contributed by atoms with Crippen molar-refractivity contribution in [2.24, 2.45) is 0 Å². The summed E-state index contributed by atoms with van der Waals surface area (Å²) in [6.45, 7) is 0.301. The molecule has 1 aliphatic heterocycles. The molecule has 118 valence electrons. The van der Waals surface area contributed by atoms with E-state index in [2.05, 4.69) is 0 Å². The highest BCUT2D eigenvalue weighted by Crippen LogP contribution is 2.30. The van der Waals surface area contributed by atoms with Crippen molar-refractivity contribution in [3.63, 3.8) is 0 Å². The molecule has 0 radical (unpaired) electrons. The van der Waals surface area contributed by atoms with E-state index in [0.717, 1.165) is 36.9 Å². The highest BCUT2D eigenvalue weighted by atomic mass is 16.6. The number of aliphatic hydroxyl groups is 1. The van der Waals surface area contributed by atoms with Crippen LogP contribution in [0.1, 0.15) is 37.7 Å². The Morgan fingerprint density at radius 1 is 1.18 bits per heavy atom. The molecule has 2 aliphatic rings. The molecule has 0 aromatic heterocycles. The number of nitrogens with zero attached hydrogens (tertiary/aromatic N) is 1. The van der Waals surface area contributed by atoms with Crippen LogP contribution in [0.2, 0.25) is 0 Å². The van der Waals surface area contributed by atoms with E-state index in [1.54, 1.807) is 4.90 Å². The van der Waals surface area contributed by atoms with Crippen molar-refractivity contribution < 1.29 is 19.4 Å². The van der Waals surface area contributed by atoms with Gasteiger partial charge in [-0.05, 0) is 43.7 Å². The quantitative estimate of drug-likeness (QED) is 0.865. The molecular formula is C17H21NO4. The van der Waals surface area contributed by atoms with E-state index in [9.17, 15) is 14.7 Å². The molecule has 3 rings (SSSR count). The lowest BCUT2D eigenvalue weighted by Crippen LogP contribution is -2.43. The molecule has 1 N–H and O–H groups in total. The predicted octanol–water partition coefficient (Wildman–Crippen LogP) is 1.81. The molecule has 1 aromatic rings. The average molecular weight is 303 g/mol. The summed E-state index contributed by atoms with van der Waals surface area (Å²) in [5.41, 5.74) is 0.620. The zero-order valence-electron chi connectivity index (χ0n) is 12.6. The minimum atomic E-state index is -1.40. The summed E-state index contributed by atoms with van der Waals surface area (Å²) in [6.07, 6.45) is 4.33. The molecule has 1 amide bonds. The fourth-order valence-corrected chi connectivity index (χ4v) is 3.28. The first-order chi connectivity index (χ1) is 10.6. The van der Waals surface area contributed by atoms with E-state index in [0.29, 0.717) is 19.4 Å². The van der Waals surface area contributed by atoms with Crippen LogP contribution < -0.4 is 4.90 Å². The third kappa shape index (κ3) is 2.86. The normalized spacial score (nSPS) is 19.6. The second-order valence-electron chi connectivity index (χ2n) is 6.09. The topological polar surface area (TPSA) is 66.8 Å². The van der Waals surface area contributed by atoms with Crippen molar-refractivity contribution in [3.8, 4) is 0 Å². The highest BCUT2D eigenvalue weighted by molar-refractivity contribution is 5.97. The second-order valence-corrected chi connectivity index (χ2v) is 6.09. The number of fused-ring (bicyclic) bond motifs is 1. The summed E-state index contributed by atoms with van der Waals surface area (Å²) in [7, 11) is 0. The molecule has 0 saturated heterocycles. The molecule has 0 bridgehead atoms. The van der Waals surface area contributed by atoms with Gasteiger partial charge >= 0.3 is 5.97 Å². The number of hydrogen-bond acceptors (Lipinski definition) is 4. The van der Waals surface area contributed by atoms with Gasteiger partial charge in [0.2, 0.25) is 0 Å². The fourth-order valence-electron chi connectivity index (χ4n) is 3.28. The molecule has 1 fully saturated rings. The van der Waals surface area contributed by atoms with Gasteiger partial charge in [-0.1, -0.05) is 24.6 Å². The van der Waals surface area contributed by atoms with E-state index >= 15 is 0 Å². The number of esters is 1. The van der Waals surface area contributed by atoms with Crippen LogP contribution in [0.25, 0.3) is 0 Å². The number of hydrogen-bond donors (Lipinski definition) is 1. The van der Waals surface area contributed by atoms with Gasteiger partial charge in [0.05, 0.1) is 0 Å². The zero-order chi connectivity index (χ0) is 15.6. The van der Waals surface area contributed by atoms with E-state index in [-0.39, 0.29) is 12.5 Å². The molecule has 1 saturated carbocycles. The van der Waals surface area contributed by atoms with Gasteiger partial charge in [0, 0.05) is 12.2 Å². The Morgan fingerprint density at radius 2 is 1.91 bits per heavy atom. The number of carbonyl (C=O) groups excluding carboxylic acids is 2. The lowest BCUT2D eigenvalue weighted by atomic mass is 9.85. The standard InChI is InChI=1S/C17H21NO4/c19-15(18-11-8-13-6-2-3-7-14(13)18)12-22-16(20)17(21)9-4-1-5-10-17/h2-3,6-7,21H,1,4-5,8-12H2. The van der Waals surface area contributed by atoms with Crippen LogP contribution in [-0.4, -0.2) is 35.7 Å². The number of anilines is 1. The maximum absolute atomic E-state index is 12.3. The van der Waals surface area contributed by atoms with Crippen molar-refractivity contribution in [2.45, 2.75) is 44.1 Å². The Hall–Kier alpha value is -1.88. The summed E-state index contributed by atoms with van der Waals surface area (Å²) in [5.74, 6) is -0.897. The Labute approximate surface area is 129 Å². The molecule has 1 heterocycles. The summed E-state index contributed by atoms with van der Waals surface area (Å²) < 4.78 is 5.09. The fraction of sp³-hybridized carbons (Fsp3) is 0.529. The molecule has 0 spiro atoms. The number of rotatable bonds is 3. The highest BCUT2D eigenvalue weighted by Gasteiger charge is 2.39. The van der Waals surface area contributed by atoms with E-state index in [1.807, 2.05) is 24.3 Å². The monoisotopic (exact) mass is 303 g/mol. The van der Waals surface area contributed by atoms with Crippen LogP contribution in [0.3, 0.4) is 0 Å². The molecule has 22 heavy (non-hydrogen) atoms. The Kier molecular flexibility index (Phi) is 4.16. The van der Waals surface area contributed by atoms with Crippen molar-refractivity contribution in [2.75, 3.05) is 18.1 Å². The minimum Gasteiger partial charge on any atom is -0.453 e. The van der Waals surface area contributed by atoms with Crippen LogP contribution in [-0.2, 0) is 20.7 Å². The lowest BCUT2D eigenvalue weighted by molar-refractivity contribution is -0.170. The van der Waals surface area contributed by atoms with E-state index in [4.69, 9.17) is 4.74 Å². The van der Waals surface area contributed by atoms with Gasteiger partial charge in [-0.15, -0.1) is 0 Å². The lowest BCUT2D eigenvalue weighted by Gasteiger charge is -2.29. The largest absolute Gasteiger partial charge is 0.453 e. The van der Waals surface area contributed by atoms with Crippen molar-refractivity contribution in [1.82, 2.24) is 0 Å². The van der Waals surface area contributed by atoms with Gasteiger partial charge in [0.1, 0.15) is 0 Å². The van der Waals surface area contributed by atoms with Gasteiger partial charge in [-0.25, -0.2) is 4.79 Å². The number of amides is 1.